The fourth-order valence-corrected chi connectivity index (χ4v) is 3.75. The van der Waals surface area contributed by atoms with Gasteiger partial charge in [-0.3, -0.25) is 9.59 Å². The molecule has 0 spiro atoms. The van der Waals surface area contributed by atoms with Crippen LogP contribution in [0.15, 0.2) is 10.7 Å². The number of aromatic amines is 1. The Hall–Kier alpha value is -2.57. The molecule has 2 amide bonds. The average molecular weight is 386 g/mol. The van der Waals surface area contributed by atoms with E-state index in [9.17, 15) is 9.59 Å². The molecule has 152 valence electrons. The first-order chi connectivity index (χ1) is 13.3. The lowest BCUT2D eigenvalue weighted by Gasteiger charge is -2.25. The van der Waals surface area contributed by atoms with Gasteiger partial charge in [0.1, 0.15) is 11.3 Å². The first-order valence-corrected chi connectivity index (χ1v) is 10.0. The molecular formula is C21H30N4O3. The average Bonchev–Trinajstić information content (AvgIpc) is 3.30. The minimum Gasteiger partial charge on any atom is -0.360 e. The maximum absolute atomic E-state index is 13.0. The number of nitrogens with one attached hydrogen (secondary N) is 2. The molecule has 7 heteroatoms. The van der Waals surface area contributed by atoms with Crippen LogP contribution in [0.4, 0.5) is 0 Å². The molecule has 1 aliphatic rings. The number of H-pyrrole nitrogens is 1. The predicted molar refractivity (Wildman–Crippen MR) is 107 cm³/mol. The van der Waals surface area contributed by atoms with Crippen molar-refractivity contribution < 1.29 is 14.1 Å². The van der Waals surface area contributed by atoms with Gasteiger partial charge in [0.2, 0.25) is 0 Å². The van der Waals surface area contributed by atoms with Crippen molar-refractivity contribution in [2.75, 3.05) is 13.6 Å². The summed E-state index contributed by atoms with van der Waals surface area (Å²) in [5.74, 6) is 0.375. The molecule has 28 heavy (non-hydrogen) atoms. The van der Waals surface area contributed by atoms with Crippen molar-refractivity contribution in [2.24, 2.45) is 0 Å². The summed E-state index contributed by atoms with van der Waals surface area (Å²) in [6.45, 7) is 8.19. The van der Waals surface area contributed by atoms with E-state index in [2.05, 4.69) is 15.5 Å². The summed E-state index contributed by atoms with van der Waals surface area (Å²) in [6, 6.07) is -0.154. The highest BCUT2D eigenvalue weighted by Crippen LogP contribution is 2.27. The molecule has 2 heterocycles. The number of fused-ring (bicyclic) bond motifs is 1. The summed E-state index contributed by atoms with van der Waals surface area (Å²) in [7, 11) is 1.78. The van der Waals surface area contributed by atoms with Crippen LogP contribution in [0.3, 0.4) is 0 Å². The summed E-state index contributed by atoms with van der Waals surface area (Å²) in [4.78, 5) is 30.5. The fraction of sp³-hybridized carbons (Fsp3) is 0.571. The number of hydrogen-bond donors (Lipinski definition) is 2. The molecule has 2 aromatic rings. The zero-order chi connectivity index (χ0) is 20.4. The highest BCUT2D eigenvalue weighted by atomic mass is 16.5. The first-order valence-electron chi connectivity index (χ1n) is 10.0. The van der Waals surface area contributed by atoms with Gasteiger partial charge in [-0.2, -0.15) is 0 Å². The van der Waals surface area contributed by atoms with Gasteiger partial charge in [0, 0.05) is 31.2 Å². The van der Waals surface area contributed by atoms with E-state index in [0.29, 0.717) is 23.6 Å². The zero-order valence-corrected chi connectivity index (χ0v) is 17.4. The van der Waals surface area contributed by atoms with Crippen LogP contribution in [0.5, 0.6) is 0 Å². The maximum Gasteiger partial charge on any atom is 0.270 e. The van der Waals surface area contributed by atoms with Crippen molar-refractivity contribution in [3.05, 3.63) is 40.0 Å². The number of carbonyl (C=O) groups excluding carboxylic acids is 2. The second-order valence-electron chi connectivity index (χ2n) is 8.02. The molecule has 1 atom stereocenters. The number of likely N-dealkylation sites (N-methyl/N-ethyl adjacent to an activating group) is 1. The number of rotatable bonds is 6. The zero-order valence-electron chi connectivity index (χ0n) is 17.4. The van der Waals surface area contributed by atoms with Crippen molar-refractivity contribution >= 4 is 11.8 Å². The van der Waals surface area contributed by atoms with Crippen LogP contribution in [0.1, 0.15) is 83.0 Å². The standard InChI is InChI=1S/C21H30N4O3/c1-12(2)19-16(11-23-28-19)20(26)22-10-13(3)25(5)21(27)18-14(4)15-8-6-7-9-17(15)24-18/h11-13,24H,6-10H2,1-5H3,(H,22,26)/t13-/m1/s1. The van der Waals surface area contributed by atoms with Crippen LogP contribution in [0, 0.1) is 6.92 Å². The van der Waals surface area contributed by atoms with Crippen molar-refractivity contribution in [3.8, 4) is 0 Å². The van der Waals surface area contributed by atoms with Crippen LogP contribution < -0.4 is 5.32 Å². The third-order valence-electron chi connectivity index (χ3n) is 5.69. The lowest BCUT2D eigenvalue weighted by Crippen LogP contribution is -2.43. The van der Waals surface area contributed by atoms with Crippen molar-refractivity contribution in [1.29, 1.82) is 0 Å². The van der Waals surface area contributed by atoms with E-state index >= 15 is 0 Å². The Morgan fingerprint density at radius 1 is 1.29 bits per heavy atom. The van der Waals surface area contributed by atoms with Crippen LogP contribution >= 0.6 is 0 Å². The highest BCUT2D eigenvalue weighted by Gasteiger charge is 2.26. The highest BCUT2D eigenvalue weighted by molar-refractivity contribution is 5.96. The van der Waals surface area contributed by atoms with Crippen molar-refractivity contribution in [3.63, 3.8) is 0 Å². The smallest absolute Gasteiger partial charge is 0.270 e. The topological polar surface area (TPSA) is 91.2 Å². The molecule has 0 saturated carbocycles. The van der Waals surface area contributed by atoms with E-state index in [1.165, 1.54) is 30.3 Å². The second-order valence-corrected chi connectivity index (χ2v) is 8.02. The molecule has 3 rings (SSSR count). The normalized spacial score (nSPS) is 14.6. The second kappa shape index (κ2) is 8.20. The van der Waals surface area contributed by atoms with Gasteiger partial charge in [-0.25, -0.2) is 0 Å². The van der Waals surface area contributed by atoms with Gasteiger partial charge in [-0.05, 0) is 50.7 Å². The molecule has 2 aromatic heterocycles. The lowest BCUT2D eigenvalue weighted by atomic mass is 9.95. The van der Waals surface area contributed by atoms with Gasteiger partial charge in [0.25, 0.3) is 11.8 Å². The lowest BCUT2D eigenvalue weighted by molar-refractivity contribution is 0.0725. The van der Waals surface area contributed by atoms with Gasteiger partial charge in [-0.15, -0.1) is 0 Å². The quantitative estimate of drug-likeness (QED) is 0.797. The third kappa shape index (κ3) is 3.84. The number of hydrogen-bond acceptors (Lipinski definition) is 4. The molecule has 0 aromatic carbocycles. The number of nitrogens with zero attached hydrogens (tertiary/aromatic N) is 2. The third-order valence-corrected chi connectivity index (χ3v) is 5.69. The molecule has 1 aliphatic carbocycles. The maximum atomic E-state index is 13.0. The minimum atomic E-state index is -0.232. The molecule has 0 unspecified atom stereocenters. The molecule has 0 aliphatic heterocycles. The summed E-state index contributed by atoms with van der Waals surface area (Å²) < 4.78 is 5.17. The SMILES string of the molecule is Cc1c(C(=O)N(C)[C@H](C)CNC(=O)c2cnoc2C(C)C)[nH]c2c1CCCC2. The monoisotopic (exact) mass is 386 g/mol. The number of amides is 2. The summed E-state index contributed by atoms with van der Waals surface area (Å²) in [5, 5.41) is 6.62. The Kier molecular flexibility index (Phi) is 5.91. The molecular weight excluding hydrogens is 356 g/mol. The Labute approximate surface area is 165 Å². The van der Waals surface area contributed by atoms with Gasteiger partial charge in [-0.1, -0.05) is 19.0 Å². The van der Waals surface area contributed by atoms with Gasteiger partial charge in [0.15, 0.2) is 5.76 Å². The molecule has 7 nitrogen and oxygen atoms in total. The number of carbonyl (C=O) groups is 2. The molecule has 2 N–H and O–H groups in total. The van der Waals surface area contributed by atoms with Gasteiger partial charge in [0.05, 0.1) is 6.20 Å². The minimum absolute atomic E-state index is 0.0403. The molecule has 0 saturated heterocycles. The first kappa shape index (κ1) is 20.2. The van der Waals surface area contributed by atoms with E-state index in [4.69, 9.17) is 4.52 Å². The molecule has 0 radical (unpaired) electrons. The summed E-state index contributed by atoms with van der Waals surface area (Å²) >= 11 is 0. The van der Waals surface area contributed by atoms with Crippen LogP contribution in [-0.4, -0.2) is 46.5 Å². The number of aromatic nitrogens is 2. The van der Waals surface area contributed by atoms with Gasteiger partial charge < -0.3 is 19.7 Å². The Bertz CT molecular complexity index is 865. The van der Waals surface area contributed by atoms with E-state index in [1.54, 1.807) is 11.9 Å². The Morgan fingerprint density at radius 3 is 2.68 bits per heavy atom. The summed E-state index contributed by atoms with van der Waals surface area (Å²) in [5.41, 5.74) is 4.69. The largest absolute Gasteiger partial charge is 0.360 e. The van der Waals surface area contributed by atoms with Crippen LogP contribution in [-0.2, 0) is 12.8 Å². The molecule has 0 bridgehead atoms. The van der Waals surface area contributed by atoms with E-state index in [0.717, 1.165) is 18.4 Å². The Balaban J connectivity index is 1.63. The van der Waals surface area contributed by atoms with E-state index in [-0.39, 0.29) is 23.8 Å². The predicted octanol–water partition coefficient (Wildman–Crippen LogP) is 3.20. The van der Waals surface area contributed by atoms with Gasteiger partial charge >= 0.3 is 0 Å². The molecule has 0 fully saturated rings. The van der Waals surface area contributed by atoms with E-state index < -0.39 is 0 Å². The van der Waals surface area contributed by atoms with Crippen molar-refractivity contribution in [1.82, 2.24) is 20.4 Å². The Morgan fingerprint density at radius 2 is 2.00 bits per heavy atom. The van der Waals surface area contributed by atoms with Crippen LogP contribution in [0.2, 0.25) is 0 Å². The fourth-order valence-electron chi connectivity index (χ4n) is 3.75. The van der Waals surface area contributed by atoms with Crippen LogP contribution in [0.25, 0.3) is 0 Å². The van der Waals surface area contributed by atoms with E-state index in [1.807, 2.05) is 27.7 Å². The number of aryl methyl sites for hydroxylation is 1. The summed E-state index contributed by atoms with van der Waals surface area (Å²) in [6.07, 6.45) is 5.84. The van der Waals surface area contributed by atoms with Crippen molar-refractivity contribution in [2.45, 2.75) is 65.3 Å².